The zero-order chi connectivity index (χ0) is 18.0. The van der Waals surface area contributed by atoms with Crippen LogP contribution in [-0.2, 0) is 13.1 Å². The Balaban J connectivity index is 1.63. The lowest BCUT2D eigenvalue weighted by molar-refractivity contribution is 0.0914. The van der Waals surface area contributed by atoms with Crippen molar-refractivity contribution in [2.75, 3.05) is 12.8 Å². The molecule has 0 fully saturated rings. The molecule has 1 unspecified atom stereocenters. The number of hydrogen-bond donors (Lipinski definition) is 1. The van der Waals surface area contributed by atoms with Crippen LogP contribution in [0.3, 0.4) is 0 Å². The highest BCUT2D eigenvalue weighted by molar-refractivity contribution is 7.99. The van der Waals surface area contributed by atoms with Gasteiger partial charge in [-0.25, -0.2) is 0 Å². The molecule has 0 saturated carbocycles. The standard InChI is InChI=1S/C19H25N3O2S/c1-5-25-15-7-6-14(20-10-15)9-21-19(23)16-8-13-11-22(4)17(12(2)3)18(13)24-16/h6-8,10,12,17H,5,9,11H2,1-4H3,(H,21,23). The molecule has 1 atom stereocenters. The Bertz CT molecular complexity index is 740. The summed E-state index contributed by atoms with van der Waals surface area (Å²) in [7, 11) is 2.09. The second kappa shape index (κ2) is 7.62. The number of pyridine rings is 1. The summed E-state index contributed by atoms with van der Waals surface area (Å²) in [6.07, 6.45) is 1.85. The average molecular weight is 359 g/mol. The van der Waals surface area contributed by atoms with Crippen molar-refractivity contribution in [2.24, 2.45) is 5.92 Å². The van der Waals surface area contributed by atoms with Crippen LogP contribution in [0.4, 0.5) is 0 Å². The molecule has 2 aromatic rings. The molecule has 0 saturated heterocycles. The predicted molar refractivity (Wildman–Crippen MR) is 99.6 cm³/mol. The summed E-state index contributed by atoms with van der Waals surface area (Å²) in [6, 6.07) is 6.09. The number of fused-ring (bicyclic) bond motifs is 1. The van der Waals surface area contributed by atoms with Gasteiger partial charge in [-0.15, -0.1) is 11.8 Å². The summed E-state index contributed by atoms with van der Waals surface area (Å²) < 4.78 is 5.89. The predicted octanol–water partition coefficient (Wildman–Crippen LogP) is 3.86. The number of nitrogens with zero attached hydrogens (tertiary/aromatic N) is 2. The first-order valence-corrected chi connectivity index (χ1v) is 9.67. The molecule has 5 nitrogen and oxygen atoms in total. The van der Waals surface area contributed by atoms with Crippen LogP contribution in [0.25, 0.3) is 0 Å². The summed E-state index contributed by atoms with van der Waals surface area (Å²) in [4.78, 5) is 20.2. The lowest BCUT2D eigenvalue weighted by atomic mass is 10.0. The maximum Gasteiger partial charge on any atom is 0.287 e. The molecule has 3 rings (SSSR count). The third-order valence-electron chi connectivity index (χ3n) is 4.40. The minimum absolute atomic E-state index is 0.187. The number of nitrogens with one attached hydrogen (secondary N) is 1. The third-order valence-corrected chi connectivity index (χ3v) is 5.26. The summed E-state index contributed by atoms with van der Waals surface area (Å²) in [5, 5.41) is 2.90. The van der Waals surface area contributed by atoms with E-state index in [0.29, 0.717) is 18.2 Å². The van der Waals surface area contributed by atoms with Crippen molar-refractivity contribution in [3.05, 3.63) is 47.2 Å². The fraction of sp³-hybridized carbons (Fsp3) is 0.474. The maximum atomic E-state index is 12.4. The summed E-state index contributed by atoms with van der Waals surface area (Å²) in [5.41, 5.74) is 1.96. The summed E-state index contributed by atoms with van der Waals surface area (Å²) in [5.74, 6) is 2.60. The van der Waals surface area contributed by atoms with Gasteiger partial charge in [0.2, 0.25) is 0 Å². The van der Waals surface area contributed by atoms with Gasteiger partial charge in [-0.05, 0) is 36.9 Å². The number of rotatable bonds is 6. The lowest BCUT2D eigenvalue weighted by Crippen LogP contribution is -2.24. The van der Waals surface area contributed by atoms with Crippen LogP contribution in [0, 0.1) is 5.92 Å². The topological polar surface area (TPSA) is 58.4 Å². The van der Waals surface area contributed by atoms with E-state index >= 15 is 0 Å². The zero-order valence-electron chi connectivity index (χ0n) is 15.2. The molecular formula is C19H25N3O2S. The van der Waals surface area contributed by atoms with E-state index in [4.69, 9.17) is 4.42 Å². The van der Waals surface area contributed by atoms with Crippen LogP contribution in [0.5, 0.6) is 0 Å². The van der Waals surface area contributed by atoms with E-state index in [0.717, 1.165) is 34.2 Å². The van der Waals surface area contributed by atoms with Gasteiger partial charge in [0.25, 0.3) is 5.91 Å². The van der Waals surface area contributed by atoms with Crippen molar-refractivity contribution >= 4 is 17.7 Å². The number of carbonyl (C=O) groups excluding carboxylic acids is 1. The molecule has 134 valence electrons. The molecule has 6 heteroatoms. The van der Waals surface area contributed by atoms with Crippen LogP contribution in [0.1, 0.15) is 54.4 Å². The van der Waals surface area contributed by atoms with Gasteiger partial charge in [-0.1, -0.05) is 20.8 Å². The van der Waals surface area contributed by atoms with Gasteiger partial charge in [0.05, 0.1) is 18.3 Å². The minimum Gasteiger partial charge on any atom is -0.454 e. The second-order valence-electron chi connectivity index (χ2n) is 6.71. The number of aromatic nitrogens is 1. The minimum atomic E-state index is -0.187. The monoisotopic (exact) mass is 359 g/mol. The fourth-order valence-electron chi connectivity index (χ4n) is 3.33. The number of carbonyl (C=O) groups is 1. The van der Waals surface area contributed by atoms with Crippen LogP contribution < -0.4 is 5.32 Å². The van der Waals surface area contributed by atoms with Crippen molar-refractivity contribution < 1.29 is 9.21 Å². The van der Waals surface area contributed by atoms with Crippen molar-refractivity contribution in [1.29, 1.82) is 0 Å². The highest BCUT2D eigenvalue weighted by atomic mass is 32.2. The smallest absolute Gasteiger partial charge is 0.287 e. The Morgan fingerprint density at radius 1 is 1.48 bits per heavy atom. The van der Waals surface area contributed by atoms with E-state index in [9.17, 15) is 4.79 Å². The van der Waals surface area contributed by atoms with Crippen LogP contribution in [-0.4, -0.2) is 28.6 Å². The highest BCUT2D eigenvalue weighted by Gasteiger charge is 2.34. The molecular weight excluding hydrogens is 334 g/mol. The number of hydrogen-bond acceptors (Lipinski definition) is 5. The van der Waals surface area contributed by atoms with Crippen LogP contribution in [0.15, 0.2) is 33.7 Å². The molecule has 0 radical (unpaired) electrons. The Hall–Kier alpha value is -1.79. The Kier molecular flexibility index (Phi) is 5.49. The first-order valence-electron chi connectivity index (χ1n) is 8.68. The zero-order valence-corrected chi connectivity index (χ0v) is 16.0. The Labute approximate surface area is 153 Å². The molecule has 1 aliphatic heterocycles. The van der Waals surface area contributed by atoms with Gasteiger partial charge < -0.3 is 9.73 Å². The molecule has 1 amide bonds. The quantitative estimate of drug-likeness (QED) is 0.794. The number of thioether (sulfide) groups is 1. The first kappa shape index (κ1) is 18.0. The summed E-state index contributed by atoms with van der Waals surface area (Å²) >= 11 is 1.75. The highest BCUT2D eigenvalue weighted by Crippen LogP contribution is 2.39. The molecule has 0 spiro atoms. The van der Waals surface area contributed by atoms with E-state index in [1.165, 1.54) is 0 Å². The number of furan rings is 1. The van der Waals surface area contributed by atoms with Gasteiger partial charge in [-0.2, -0.15) is 0 Å². The van der Waals surface area contributed by atoms with Gasteiger partial charge in [0, 0.05) is 23.2 Å². The molecule has 1 aliphatic rings. The molecule has 0 bridgehead atoms. The normalized spacial score (nSPS) is 17.1. The Morgan fingerprint density at radius 2 is 2.28 bits per heavy atom. The molecule has 0 aromatic carbocycles. The summed E-state index contributed by atoms with van der Waals surface area (Å²) in [6.45, 7) is 7.68. The van der Waals surface area contributed by atoms with E-state index in [1.54, 1.807) is 11.8 Å². The fourth-order valence-corrected chi connectivity index (χ4v) is 3.96. The van der Waals surface area contributed by atoms with E-state index in [2.05, 4.69) is 43.0 Å². The van der Waals surface area contributed by atoms with Gasteiger partial charge in [-0.3, -0.25) is 14.7 Å². The van der Waals surface area contributed by atoms with Crippen molar-refractivity contribution in [2.45, 2.75) is 44.8 Å². The molecule has 2 aromatic heterocycles. The lowest BCUT2D eigenvalue weighted by Gasteiger charge is -2.22. The molecule has 1 N–H and O–H groups in total. The second-order valence-corrected chi connectivity index (χ2v) is 8.04. The average Bonchev–Trinajstić information content (AvgIpc) is 3.10. The third kappa shape index (κ3) is 3.90. The SMILES string of the molecule is CCSc1ccc(CNC(=O)c2cc3c(o2)C(C(C)C)N(C)C3)nc1. The van der Waals surface area contributed by atoms with Gasteiger partial charge in [0.15, 0.2) is 5.76 Å². The molecule has 25 heavy (non-hydrogen) atoms. The molecule has 0 aliphatic carbocycles. The van der Waals surface area contributed by atoms with E-state index in [-0.39, 0.29) is 11.9 Å². The van der Waals surface area contributed by atoms with E-state index in [1.807, 2.05) is 24.4 Å². The van der Waals surface area contributed by atoms with E-state index < -0.39 is 0 Å². The van der Waals surface area contributed by atoms with Gasteiger partial charge in [0.1, 0.15) is 5.76 Å². The Morgan fingerprint density at radius 3 is 2.92 bits per heavy atom. The number of amides is 1. The molecule has 3 heterocycles. The van der Waals surface area contributed by atoms with Crippen molar-refractivity contribution in [3.8, 4) is 0 Å². The first-order chi connectivity index (χ1) is 12.0. The van der Waals surface area contributed by atoms with Crippen LogP contribution in [0.2, 0.25) is 0 Å². The largest absolute Gasteiger partial charge is 0.454 e. The maximum absolute atomic E-state index is 12.4. The van der Waals surface area contributed by atoms with Crippen molar-refractivity contribution in [1.82, 2.24) is 15.2 Å². The van der Waals surface area contributed by atoms with Crippen LogP contribution >= 0.6 is 11.8 Å². The van der Waals surface area contributed by atoms with Gasteiger partial charge >= 0.3 is 0 Å². The van der Waals surface area contributed by atoms with Crippen molar-refractivity contribution in [3.63, 3.8) is 0 Å².